The normalized spacial score (nSPS) is 14.6. The van der Waals surface area contributed by atoms with Crippen LogP contribution in [0.1, 0.15) is 72.0 Å². The molecular weight excluding hydrogens is 396 g/mol. The molecular formula is C19H23BrN4O2. The highest BCUT2D eigenvalue weighted by Gasteiger charge is 2.20. The predicted octanol–water partition coefficient (Wildman–Crippen LogP) is 4.22. The second-order valence-corrected chi connectivity index (χ2v) is 7.73. The largest absolute Gasteiger partial charge is 0.349 e. The summed E-state index contributed by atoms with van der Waals surface area (Å²) >= 11 is 3.43. The van der Waals surface area contributed by atoms with E-state index in [4.69, 9.17) is 0 Å². The molecule has 1 saturated carbocycles. The summed E-state index contributed by atoms with van der Waals surface area (Å²) in [6.07, 6.45) is 4.46. The number of anilines is 1. The van der Waals surface area contributed by atoms with Crippen molar-refractivity contribution in [3.63, 3.8) is 0 Å². The lowest BCUT2D eigenvalue weighted by atomic mass is 10.1. The van der Waals surface area contributed by atoms with E-state index >= 15 is 0 Å². The van der Waals surface area contributed by atoms with E-state index < -0.39 is 0 Å². The molecule has 3 N–H and O–H groups in total. The van der Waals surface area contributed by atoms with E-state index in [2.05, 4.69) is 36.8 Å². The highest BCUT2D eigenvalue weighted by Crippen LogP contribution is 2.26. The molecule has 2 amide bonds. The fourth-order valence-electron chi connectivity index (χ4n) is 3.11. The van der Waals surface area contributed by atoms with Gasteiger partial charge in [0.2, 0.25) is 0 Å². The van der Waals surface area contributed by atoms with Crippen molar-refractivity contribution < 1.29 is 9.59 Å². The first-order chi connectivity index (χ1) is 12.5. The Labute approximate surface area is 161 Å². The van der Waals surface area contributed by atoms with Crippen LogP contribution in [0, 0.1) is 0 Å². The van der Waals surface area contributed by atoms with Gasteiger partial charge in [0.15, 0.2) is 5.69 Å². The van der Waals surface area contributed by atoms with Crippen molar-refractivity contribution in [2.75, 3.05) is 5.32 Å². The highest BCUT2D eigenvalue weighted by molar-refractivity contribution is 9.10. The van der Waals surface area contributed by atoms with Crippen LogP contribution in [0.3, 0.4) is 0 Å². The summed E-state index contributed by atoms with van der Waals surface area (Å²) in [6, 6.07) is 7.18. The van der Waals surface area contributed by atoms with Gasteiger partial charge >= 0.3 is 0 Å². The van der Waals surface area contributed by atoms with Crippen LogP contribution in [0.2, 0.25) is 0 Å². The van der Waals surface area contributed by atoms with Gasteiger partial charge in [-0.15, -0.1) is 0 Å². The molecule has 3 rings (SSSR count). The van der Waals surface area contributed by atoms with Crippen molar-refractivity contribution in [2.24, 2.45) is 0 Å². The van der Waals surface area contributed by atoms with Crippen LogP contribution in [-0.4, -0.2) is 28.1 Å². The van der Waals surface area contributed by atoms with Crippen LogP contribution >= 0.6 is 15.9 Å². The summed E-state index contributed by atoms with van der Waals surface area (Å²) < 4.78 is 0.678. The minimum atomic E-state index is -0.303. The van der Waals surface area contributed by atoms with E-state index in [0.29, 0.717) is 21.4 Å². The number of rotatable bonds is 5. The molecule has 1 fully saturated rings. The van der Waals surface area contributed by atoms with Crippen LogP contribution in [0.4, 0.5) is 5.69 Å². The van der Waals surface area contributed by atoms with Crippen molar-refractivity contribution in [1.82, 2.24) is 15.5 Å². The Morgan fingerprint density at radius 3 is 2.38 bits per heavy atom. The molecule has 26 heavy (non-hydrogen) atoms. The van der Waals surface area contributed by atoms with Crippen LogP contribution < -0.4 is 10.6 Å². The fraction of sp³-hybridized carbons (Fsp3) is 0.421. The summed E-state index contributed by atoms with van der Waals surface area (Å²) in [5.74, 6) is -0.134. The maximum Gasteiger partial charge on any atom is 0.277 e. The third kappa shape index (κ3) is 4.15. The van der Waals surface area contributed by atoms with Gasteiger partial charge in [-0.1, -0.05) is 26.7 Å². The van der Waals surface area contributed by atoms with Gasteiger partial charge in [0.05, 0.1) is 10.2 Å². The standard InChI is InChI=1S/C19H23BrN4O2/c1-11(2)16-15(20)17(24-23-16)19(26)22-14-9-7-12(8-10-14)18(25)21-13-5-3-4-6-13/h7-11,13H,3-6H2,1-2H3,(H,21,25)(H,22,26)(H,23,24). The molecule has 1 aromatic carbocycles. The molecule has 1 aliphatic rings. The molecule has 0 unspecified atom stereocenters. The minimum absolute atomic E-state index is 0.0635. The van der Waals surface area contributed by atoms with E-state index in [9.17, 15) is 9.59 Å². The average Bonchev–Trinajstić information content (AvgIpc) is 3.24. The first-order valence-corrected chi connectivity index (χ1v) is 9.71. The number of benzene rings is 1. The molecule has 1 aliphatic carbocycles. The molecule has 0 saturated heterocycles. The van der Waals surface area contributed by atoms with Gasteiger partial charge < -0.3 is 10.6 Å². The van der Waals surface area contributed by atoms with Gasteiger partial charge in [0, 0.05) is 17.3 Å². The summed E-state index contributed by atoms with van der Waals surface area (Å²) in [6.45, 7) is 4.05. The lowest BCUT2D eigenvalue weighted by molar-refractivity contribution is 0.0937. The number of hydrogen-bond donors (Lipinski definition) is 3. The fourth-order valence-corrected chi connectivity index (χ4v) is 3.92. The van der Waals surface area contributed by atoms with Gasteiger partial charge in [-0.05, 0) is 59.0 Å². The van der Waals surface area contributed by atoms with Crippen molar-refractivity contribution in [1.29, 1.82) is 0 Å². The van der Waals surface area contributed by atoms with Crippen molar-refractivity contribution >= 4 is 33.4 Å². The van der Waals surface area contributed by atoms with E-state index in [1.807, 2.05) is 13.8 Å². The highest BCUT2D eigenvalue weighted by atomic mass is 79.9. The van der Waals surface area contributed by atoms with Crippen LogP contribution in [-0.2, 0) is 0 Å². The molecule has 1 heterocycles. The average molecular weight is 419 g/mol. The Kier molecular flexibility index (Phi) is 5.76. The zero-order valence-corrected chi connectivity index (χ0v) is 16.5. The number of aromatic nitrogens is 2. The topological polar surface area (TPSA) is 86.9 Å². The molecule has 6 nitrogen and oxygen atoms in total. The number of nitrogens with zero attached hydrogens (tertiary/aromatic N) is 1. The minimum Gasteiger partial charge on any atom is -0.349 e. The van der Waals surface area contributed by atoms with Crippen molar-refractivity contribution in [3.8, 4) is 0 Å². The maximum absolute atomic E-state index is 12.4. The molecule has 0 aliphatic heterocycles. The van der Waals surface area contributed by atoms with E-state index in [0.717, 1.165) is 18.5 Å². The van der Waals surface area contributed by atoms with Gasteiger partial charge in [0.1, 0.15) is 0 Å². The van der Waals surface area contributed by atoms with Crippen molar-refractivity contribution in [3.05, 3.63) is 45.7 Å². The van der Waals surface area contributed by atoms with Crippen molar-refractivity contribution in [2.45, 2.75) is 51.5 Å². The smallest absolute Gasteiger partial charge is 0.277 e. The molecule has 2 aromatic rings. The number of halogens is 1. The van der Waals surface area contributed by atoms with E-state index in [1.165, 1.54) is 12.8 Å². The number of carbonyl (C=O) groups excluding carboxylic acids is 2. The Morgan fingerprint density at radius 1 is 1.15 bits per heavy atom. The zero-order valence-electron chi connectivity index (χ0n) is 14.9. The number of nitrogens with one attached hydrogen (secondary N) is 3. The first kappa shape index (κ1) is 18.6. The molecule has 0 spiro atoms. The Hall–Kier alpha value is -2.15. The SMILES string of the molecule is CC(C)c1[nH]nc(C(=O)Nc2ccc(C(=O)NC3CCCC3)cc2)c1Br. The Bertz CT molecular complexity index is 792. The molecule has 7 heteroatoms. The van der Waals surface area contributed by atoms with Crippen LogP contribution in [0.5, 0.6) is 0 Å². The summed E-state index contributed by atoms with van der Waals surface area (Å²) in [5, 5.41) is 12.8. The predicted molar refractivity (Wildman–Crippen MR) is 104 cm³/mol. The number of aromatic amines is 1. The van der Waals surface area contributed by atoms with Gasteiger partial charge in [0.25, 0.3) is 11.8 Å². The second kappa shape index (κ2) is 8.03. The molecule has 0 atom stereocenters. The zero-order chi connectivity index (χ0) is 18.7. The van der Waals surface area contributed by atoms with Gasteiger partial charge in [-0.3, -0.25) is 14.7 Å². The molecule has 0 radical (unpaired) electrons. The van der Waals surface area contributed by atoms with Crippen LogP contribution in [0.25, 0.3) is 0 Å². The maximum atomic E-state index is 12.4. The second-order valence-electron chi connectivity index (χ2n) is 6.94. The third-order valence-corrected chi connectivity index (χ3v) is 5.42. The lowest BCUT2D eigenvalue weighted by Crippen LogP contribution is -2.32. The Morgan fingerprint density at radius 2 is 1.81 bits per heavy atom. The summed E-state index contributed by atoms with van der Waals surface area (Å²) in [4.78, 5) is 24.7. The lowest BCUT2D eigenvalue weighted by Gasteiger charge is -2.12. The Balaban J connectivity index is 1.63. The van der Waals surface area contributed by atoms with Gasteiger partial charge in [-0.25, -0.2) is 0 Å². The third-order valence-electron chi connectivity index (χ3n) is 4.62. The molecule has 138 valence electrons. The number of amides is 2. The quantitative estimate of drug-likeness (QED) is 0.678. The first-order valence-electron chi connectivity index (χ1n) is 8.91. The monoisotopic (exact) mass is 418 g/mol. The molecule has 1 aromatic heterocycles. The van der Waals surface area contributed by atoms with Crippen LogP contribution in [0.15, 0.2) is 28.7 Å². The number of hydrogen-bond acceptors (Lipinski definition) is 3. The number of H-pyrrole nitrogens is 1. The molecule has 0 bridgehead atoms. The van der Waals surface area contributed by atoms with E-state index in [1.54, 1.807) is 24.3 Å². The van der Waals surface area contributed by atoms with Gasteiger partial charge in [-0.2, -0.15) is 5.10 Å². The summed E-state index contributed by atoms with van der Waals surface area (Å²) in [5.41, 5.74) is 2.41. The summed E-state index contributed by atoms with van der Waals surface area (Å²) in [7, 11) is 0. The number of carbonyl (C=O) groups is 2. The van der Waals surface area contributed by atoms with E-state index in [-0.39, 0.29) is 23.8 Å².